The van der Waals surface area contributed by atoms with Crippen molar-refractivity contribution in [3.8, 4) is 0 Å². The van der Waals surface area contributed by atoms with E-state index in [1.165, 1.54) is 28.5 Å². The predicted molar refractivity (Wildman–Crippen MR) is 118 cm³/mol. The summed E-state index contributed by atoms with van der Waals surface area (Å²) in [6.07, 6.45) is 0. The predicted octanol–water partition coefficient (Wildman–Crippen LogP) is 3.37. The first-order valence-electron chi connectivity index (χ1n) is 9.58. The minimum atomic E-state index is -0.556. The number of thioether (sulfide) groups is 1. The van der Waals surface area contributed by atoms with E-state index in [1.54, 1.807) is 6.07 Å². The molecule has 1 unspecified atom stereocenters. The summed E-state index contributed by atoms with van der Waals surface area (Å²) in [7, 11) is 0. The summed E-state index contributed by atoms with van der Waals surface area (Å²) >= 11 is 3.37. The van der Waals surface area contributed by atoms with Crippen molar-refractivity contribution < 1.29 is 9.59 Å². The molecule has 1 aliphatic heterocycles. The van der Waals surface area contributed by atoms with Crippen LogP contribution < -0.4 is 15.5 Å². The first-order chi connectivity index (χ1) is 13.5. The molecule has 7 heteroatoms. The first kappa shape index (κ1) is 20.7. The molecule has 28 heavy (non-hydrogen) atoms. The van der Waals surface area contributed by atoms with Gasteiger partial charge in [-0.25, -0.2) is 0 Å². The van der Waals surface area contributed by atoms with Crippen molar-refractivity contribution in [3.63, 3.8) is 0 Å². The Morgan fingerprint density at radius 3 is 2.43 bits per heavy atom. The molecule has 2 heterocycles. The number of nitrogens with one attached hydrogen (secondary N) is 2. The van der Waals surface area contributed by atoms with Crippen molar-refractivity contribution in [3.05, 3.63) is 52.2 Å². The van der Waals surface area contributed by atoms with Crippen LogP contribution in [-0.2, 0) is 11.3 Å². The van der Waals surface area contributed by atoms with E-state index in [9.17, 15) is 9.59 Å². The van der Waals surface area contributed by atoms with E-state index in [1.807, 2.05) is 37.1 Å². The van der Waals surface area contributed by atoms with Gasteiger partial charge in [0.25, 0.3) is 5.91 Å². The number of hydrogen-bond acceptors (Lipinski definition) is 5. The lowest BCUT2D eigenvalue weighted by molar-refractivity contribution is -0.124. The lowest BCUT2D eigenvalue weighted by Crippen LogP contribution is -2.49. The van der Waals surface area contributed by atoms with Gasteiger partial charge in [0.2, 0.25) is 5.91 Å². The maximum atomic E-state index is 12.6. The van der Waals surface area contributed by atoms with Crippen LogP contribution in [-0.4, -0.2) is 42.5 Å². The van der Waals surface area contributed by atoms with Crippen LogP contribution in [0.3, 0.4) is 0 Å². The molecule has 0 saturated carbocycles. The molecule has 1 aromatic carbocycles. The molecule has 5 nitrogen and oxygen atoms in total. The van der Waals surface area contributed by atoms with Crippen LogP contribution in [0.25, 0.3) is 0 Å². The molecule has 1 aromatic heterocycles. The highest BCUT2D eigenvalue weighted by Crippen LogP contribution is 2.20. The topological polar surface area (TPSA) is 61.4 Å². The zero-order valence-corrected chi connectivity index (χ0v) is 17.9. The van der Waals surface area contributed by atoms with E-state index in [4.69, 9.17) is 0 Å². The number of thiophene rings is 1. The largest absolute Gasteiger partial charge is 0.370 e. The molecule has 1 fully saturated rings. The second kappa shape index (κ2) is 9.98. The van der Waals surface area contributed by atoms with Gasteiger partial charge in [0.05, 0.1) is 4.88 Å². The number of benzene rings is 1. The summed E-state index contributed by atoms with van der Waals surface area (Å²) in [6, 6.07) is 11.4. The SMILES string of the molecule is CC(C)C(NC(=O)c1cccs1)C(=O)NCc1ccc(N2CCSCC2)cc1. The van der Waals surface area contributed by atoms with Crippen LogP contribution >= 0.6 is 23.1 Å². The number of nitrogens with zero attached hydrogens (tertiary/aromatic N) is 1. The van der Waals surface area contributed by atoms with Crippen LogP contribution in [0.2, 0.25) is 0 Å². The van der Waals surface area contributed by atoms with E-state index in [0.29, 0.717) is 11.4 Å². The number of carbonyl (C=O) groups is 2. The third kappa shape index (κ3) is 5.52. The highest BCUT2D eigenvalue weighted by molar-refractivity contribution is 7.99. The smallest absolute Gasteiger partial charge is 0.262 e. The molecule has 0 spiro atoms. The lowest BCUT2D eigenvalue weighted by atomic mass is 10.0. The second-order valence-corrected chi connectivity index (χ2v) is 9.33. The van der Waals surface area contributed by atoms with Gasteiger partial charge < -0.3 is 15.5 Å². The van der Waals surface area contributed by atoms with E-state index in [2.05, 4.69) is 39.8 Å². The minimum absolute atomic E-state index is 0.00302. The van der Waals surface area contributed by atoms with Gasteiger partial charge in [-0.05, 0) is 35.1 Å². The third-order valence-electron chi connectivity index (χ3n) is 4.76. The van der Waals surface area contributed by atoms with Crippen LogP contribution in [0.4, 0.5) is 5.69 Å². The van der Waals surface area contributed by atoms with Gasteiger partial charge >= 0.3 is 0 Å². The lowest BCUT2D eigenvalue weighted by Gasteiger charge is -2.28. The number of carbonyl (C=O) groups excluding carboxylic acids is 2. The van der Waals surface area contributed by atoms with Crippen LogP contribution in [0.1, 0.15) is 29.1 Å². The average Bonchev–Trinajstić information content (AvgIpc) is 3.26. The average molecular weight is 418 g/mol. The second-order valence-electron chi connectivity index (χ2n) is 7.16. The van der Waals surface area contributed by atoms with Crippen LogP contribution in [0.15, 0.2) is 41.8 Å². The molecule has 150 valence electrons. The normalized spacial score (nSPS) is 15.3. The Morgan fingerprint density at radius 2 is 1.82 bits per heavy atom. The zero-order chi connectivity index (χ0) is 19.9. The molecule has 2 aromatic rings. The number of amides is 2. The van der Waals surface area contributed by atoms with Gasteiger partial charge in [0.1, 0.15) is 6.04 Å². The molecule has 2 N–H and O–H groups in total. The van der Waals surface area contributed by atoms with E-state index < -0.39 is 6.04 Å². The standard InChI is InChI=1S/C21H27N3O2S2/c1-15(2)19(23-20(25)18-4-3-11-28-18)21(26)22-14-16-5-7-17(8-6-16)24-9-12-27-13-10-24/h3-8,11,15,19H,9-10,12-14H2,1-2H3,(H,22,26)(H,23,25). The van der Waals surface area contributed by atoms with Crippen molar-refractivity contribution in [2.45, 2.75) is 26.4 Å². The third-order valence-corrected chi connectivity index (χ3v) is 6.57. The maximum Gasteiger partial charge on any atom is 0.262 e. The van der Waals surface area contributed by atoms with E-state index in [-0.39, 0.29) is 17.7 Å². The maximum absolute atomic E-state index is 12.6. The zero-order valence-electron chi connectivity index (χ0n) is 16.3. The van der Waals surface area contributed by atoms with Crippen molar-refractivity contribution in [2.75, 3.05) is 29.5 Å². The molecule has 0 radical (unpaired) electrons. The van der Waals surface area contributed by atoms with E-state index >= 15 is 0 Å². The Hall–Kier alpha value is -1.99. The molecule has 0 bridgehead atoms. The summed E-state index contributed by atoms with van der Waals surface area (Å²) < 4.78 is 0. The molecule has 2 amide bonds. The molecule has 1 aliphatic rings. The number of hydrogen-bond donors (Lipinski definition) is 2. The Balaban J connectivity index is 1.54. The molecule has 1 atom stereocenters. The van der Waals surface area contributed by atoms with Gasteiger partial charge in [0.15, 0.2) is 0 Å². The highest BCUT2D eigenvalue weighted by atomic mass is 32.2. The fourth-order valence-electron chi connectivity index (χ4n) is 3.10. The molecular weight excluding hydrogens is 390 g/mol. The number of rotatable bonds is 7. The first-order valence-corrected chi connectivity index (χ1v) is 11.6. The fraction of sp³-hybridized carbons (Fsp3) is 0.429. The Bertz CT molecular complexity index is 769. The summed E-state index contributed by atoms with van der Waals surface area (Å²) in [4.78, 5) is 28.0. The highest BCUT2D eigenvalue weighted by Gasteiger charge is 2.24. The quantitative estimate of drug-likeness (QED) is 0.725. The molecule has 3 rings (SSSR count). The molecule has 0 aliphatic carbocycles. The van der Waals surface area contributed by atoms with Gasteiger partial charge in [-0.2, -0.15) is 11.8 Å². The van der Waals surface area contributed by atoms with Crippen molar-refractivity contribution in [1.29, 1.82) is 0 Å². The van der Waals surface area contributed by atoms with E-state index in [0.717, 1.165) is 18.7 Å². The monoisotopic (exact) mass is 417 g/mol. The Morgan fingerprint density at radius 1 is 1.11 bits per heavy atom. The molecule has 1 saturated heterocycles. The Labute approximate surface area is 174 Å². The van der Waals surface area contributed by atoms with Crippen molar-refractivity contribution >= 4 is 40.6 Å². The van der Waals surface area contributed by atoms with Crippen LogP contribution in [0, 0.1) is 5.92 Å². The molecular formula is C21H27N3O2S2. The van der Waals surface area contributed by atoms with Gasteiger partial charge in [-0.1, -0.05) is 32.0 Å². The fourth-order valence-corrected chi connectivity index (χ4v) is 4.63. The van der Waals surface area contributed by atoms with Crippen molar-refractivity contribution in [1.82, 2.24) is 10.6 Å². The number of anilines is 1. The summed E-state index contributed by atoms with van der Waals surface area (Å²) in [6.45, 7) is 6.49. The van der Waals surface area contributed by atoms with Crippen LogP contribution in [0.5, 0.6) is 0 Å². The minimum Gasteiger partial charge on any atom is -0.370 e. The van der Waals surface area contributed by atoms with Crippen molar-refractivity contribution in [2.24, 2.45) is 5.92 Å². The van der Waals surface area contributed by atoms with Gasteiger partial charge in [-0.3, -0.25) is 9.59 Å². The van der Waals surface area contributed by atoms with Gasteiger partial charge in [-0.15, -0.1) is 11.3 Å². The summed E-state index contributed by atoms with van der Waals surface area (Å²) in [5.74, 6) is 1.99. The summed E-state index contributed by atoms with van der Waals surface area (Å²) in [5, 5.41) is 7.67. The Kier molecular flexibility index (Phi) is 7.39. The van der Waals surface area contributed by atoms with Gasteiger partial charge in [0, 0.05) is 36.8 Å². The summed E-state index contributed by atoms with van der Waals surface area (Å²) in [5.41, 5.74) is 2.29.